The van der Waals surface area contributed by atoms with Crippen LogP contribution < -0.4 is 10.4 Å². The molecule has 0 atom stereocenters. The van der Waals surface area contributed by atoms with E-state index in [0.717, 1.165) is 24.1 Å². The minimum Gasteiger partial charge on any atom is -0.399 e. The van der Waals surface area contributed by atoms with E-state index in [2.05, 4.69) is 4.98 Å². The molecule has 0 N–H and O–H groups in total. The molecule has 5 nitrogen and oxygen atoms in total. The van der Waals surface area contributed by atoms with Crippen molar-refractivity contribution in [3.8, 4) is 0 Å². The third-order valence-corrected chi connectivity index (χ3v) is 4.70. The molecule has 3 rings (SSSR count). The molecule has 2 fully saturated rings. The Labute approximate surface area is 125 Å². The lowest BCUT2D eigenvalue weighted by Gasteiger charge is -2.32. The Morgan fingerprint density at radius 3 is 2.48 bits per heavy atom. The summed E-state index contributed by atoms with van der Waals surface area (Å²) in [5.41, 5.74) is 0.872. The Balaban J connectivity index is 1.96. The zero-order chi connectivity index (χ0) is 15.3. The SMILES string of the molecule is CC1(C)OB(c2cnccc2N2CCCC2=O)OC1(C)C. The second kappa shape index (κ2) is 4.82. The maximum Gasteiger partial charge on any atom is 0.498 e. The summed E-state index contributed by atoms with van der Waals surface area (Å²) in [4.78, 5) is 18.0. The van der Waals surface area contributed by atoms with Gasteiger partial charge in [-0.1, -0.05) is 0 Å². The molecule has 2 aliphatic rings. The van der Waals surface area contributed by atoms with Gasteiger partial charge in [0.05, 0.1) is 11.2 Å². The van der Waals surface area contributed by atoms with E-state index in [-0.39, 0.29) is 5.91 Å². The second-order valence-corrected chi connectivity index (χ2v) is 6.67. The highest BCUT2D eigenvalue weighted by molar-refractivity contribution is 6.64. The maximum absolute atomic E-state index is 12.0. The number of pyridine rings is 1. The van der Waals surface area contributed by atoms with Crippen LogP contribution in [0.4, 0.5) is 5.69 Å². The zero-order valence-electron chi connectivity index (χ0n) is 13.0. The van der Waals surface area contributed by atoms with E-state index in [0.29, 0.717) is 6.42 Å². The minimum atomic E-state index is -0.493. The topological polar surface area (TPSA) is 51.7 Å². The van der Waals surface area contributed by atoms with Crippen LogP contribution in [0.25, 0.3) is 0 Å². The lowest BCUT2D eigenvalue weighted by molar-refractivity contribution is -0.117. The van der Waals surface area contributed by atoms with Crippen LogP contribution in [-0.2, 0) is 14.1 Å². The molecule has 6 heteroatoms. The van der Waals surface area contributed by atoms with Gasteiger partial charge in [0, 0.05) is 36.5 Å². The molecule has 0 aliphatic carbocycles. The molecule has 1 amide bonds. The molecule has 112 valence electrons. The normalized spacial score (nSPS) is 23.9. The first-order valence-corrected chi connectivity index (χ1v) is 7.42. The average molecular weight is 288 g/mol. The summed E-state index contributed by atoms with van der Waals surface area (Å²) in [6, 6.07) is 1.86. The Morgan fingerprint density at radius 2 is 1.90 bits per heavy atom. The number of aromatic nitrogens is 1. The van der Waals surface area contributed by atoms with Gasteiger partial charge >= 0.3 is 7.12 Å². The van der Waals surface area contributed by atoms with Crippen LogP contribution in [0.5, 0.6) is 0 Å². The third kappa shape index (κ3) is 2.36. The lowest BCUT2D eigenvalue weighted by Crippen LogP contribution is -2.41. The summed E-state index contributed by atoms with van der Waals surface area (Å²) in [7, 11) is -0.493. The average Bonchev–Trinajstić information content (AvgIpc) is 2.91. The van der Waals surface area contributed by atoms with Crippen LogP contribution in [0.15, 0.2) is 18.5 Å². The first-order valence-electron chi connectivity index (χ1n) is 7.42. The summed E-state index contributed by atoms with van der Waals surface area (Å²) in [6.45, 7) is 8.82. The van der Waals surface area contributed by atoms with Crippen LogP contribution in [0.2, 0.25) is 0 Å². The van der Waals surface area contributed by atoms with Crippen LogP contribution in [0.1, 0.15) is 40.5 Å². The van der Waals surface area contributed by atoms with Crippen molar-refractivity contribution in [2.75, 3.05) is 11.4 Å². The highest BCUT2D eigenvalue weighted by Gasteiger charge is 2.52. The number of hydrogen-bond donors (Lipinski definition) is 0. The van der Waals surface area contributed by atoms with E-state index in [4.69, 9.17) is 9.31 Å². The molecule has 2 saturated heterocycles. The van der Waals surface area contributed by atoms with E-state index in [1.165, 1.54) is 0 Å². The Bertz CT molecular complexity index is 558. The highest BCUT2D eigenvalue weighted by atomic mass is 16.7. The van der Waals surface area contributed by atoms with Crippen molar-refractivity contribution in [2.24, 2.45) is 0 Å². The molecular weight excluding hydrogens is 267 g/mol. The van der Waals surface area contributed by atoms with Crippen molar-refractivity contribution in [1.82, 2.24) is 4.98 Å². The molecular formula is C15H21BN2O3. The Kier molecular flexibility index (Phi) is 3.33. The first kappa shape index (κ1) is 14.5. The summed E-state index contributed by atoms with van der Waals surface area (Å²) in [6.07, 6.45) is 4.94. The fourth-order valence-corrected chi connectivity index (χ4v) is 2.70. The van der Waals surface area contributed by atoms with Gasteiger partial charge in [0.2, 0.25) is 5.91 Å². The number of carbonyl (C=O) groups is 1. The van der Waals surface area contributed by atoms with Crippen molar-refractivity contribution < 1.29 is 14.1 Å². The standard InChI is InChI=1S/C15H21BN2O3/c1-14(2)15(3,4)21-16(20-14)11-10-17-8-7-12(11)18-9-5-6-13(18)19/h7-8,10H,5-6,9H2,1-4H3. The number of carbonyl (C=O) groups excluding carboxylic acids is 1. The summed E-state index contributed by atoms with van der Waals surface area (Å²) in [5.74, 6) is 0.152. The molecule has 0 radical (unpaired) electrons. The van der Waals surface area contributed by atoms with Gasteiger partial charge in [-0.25, -0.2) is 0 Å². The third-order valence-electron chi connectivity index (χ3n) is 4.70. The lowest BCUT2D eigenvalue weighted by atomic mass is 9.78. The summed E-state index contributed by atoms with van der Waals surface area (Å²) >= 11 is 0. The van der Waals surface area contributed by atoms with E-state index < -0.39 is 18.3 Å². The molecule has 0 spiro atoms. The highest BCUT2D eigenvalue weighted by Crippen LogP contribution is 2.37. The van der Waals surface area contributed by atoms with E-state index in [1.54, 1.807) is 12.4 Å². The maximum atomic E-state index is 12.0. The van der Waals surface area contributed by atoms with Gasteiger partial charge in [-0.15, -0.1) is 0 Å². The van der Waals surface area contributed by atoms with Gasteiger partial charge in [0.1, 0.15) is 0 Å². The van der Waals surface area contributed by atoms with Crippen LogP contribution >= 0.6 is 0 Å². The Morgan fingerprint density at radius 1 is 1.24 bits per heavy atom. The Hall–Kier alpha value is -1.40. The van der Waals surface area contributed by atoms with E-state index in [9.17, 15) is 4.79 Å². The van der Waals surface area contributed by atoms with Crippen LogP contribution in [0.3, 0.4) is 0 Å². The van der Waals surface area contributed by atoms with E-state index in [1.807, 2.05) is 38.7 Å². The monoisotopic (exact) mass is 288 g/mol. The van der Waals surface area contributed by atoms with Crippen LogP contribution in [0, 0.1) is 0 Å². The predicted octanol–water partition coefficient (Wildman–Crippen LogP) is 1.51. The summed E-state index contributed by atoms with van der Waals surface area (Å²) in [5, 5.41) is 0. The number of nitrogens with zero attached hydrogens (tertiary/aromatic N) is 2. The molecule has 21 heavy (non-hydrogen) atoms. The summed E-state index contributed by atoms with van der Waals surface area (Å²) < 4.78 is 12.2. The van der Waals surface area contributed by atoms with Gasteiger partial charge in [-0.3, -0.25) is 9.78 Å². The van der Waals surface area contributed by atoms with Crippen molar-refractivity contribution in [3.63, 3.8) is 0 Å². The van der Waals surface area contributed by atoms with Gasteiger partial charge in [0.25, 0.3) is 0 Å². The largest absolute Gasteiger partial charge is 0.498 e. The van der Waals surface area contributed by atoms with Crippen molar-refractivity contribution in [3.05, 3.63) is 18.5 Å². The molecule has 0 bridgehead atoms. The van der Waals surface area contributed by atoms with E-state index >= 15 is 0 Å². The number of hydrogen-bond acceptors (Lipinski definition) is 4. The molecule has 1 aromatic rings. The zero-order valence-corrected chi connectivity index (χ0v) is 13.0. The van der Waals surface area contributed by atoms with Crippen LogP contribution in [-0.4, -0.2) is 35.8 Å². The quantitative estimate of drug-likeness (QED) is 0.774. The first-order chi connectivity index (χ1) is 9.82. The van der Waals surface area contributed by atoms with Gasteiger partial charge in [0.15, 0.2) is 0 Å². The smallest absolute Gasteiger partial charge is 0.399 e. The second-order valence-electron chi connectivity index (χ2n) is 6.67. The minimum absolute atomic E-state index is 0.152. The molecule has 0 aromatic carbocycles. The van der Waals surface area contributed by atoms with Crippen molar-refractivity contribution in [2.45, 2.75) is 51.7 Å². The van der Waals surface area contributed by atoms with Gasteiger partial charge < -0.3 is 14.2 Å². The van der Waals surface area contributed by atoms with Crippen molar-refractivity contribution in [1.29, 1.82) is 0 Å². The molecule has 0 unspecified atom stereocenters. The number of amides is 1. The fourth-order valence-electron chi connectivity index (χ4n) is 2.70. The molecule has 1 aromatic heterocycles. The fraction of sp³-hybridized carbons (Fsp3) is 0.600. The molecule has 3 heterocycles. The number of rotatable bonds is 2. The van der Waals surface area contributed by atoms with Gasteiger partial charge in [-0.05, 0) is 40.2 Å². The van der Waals surface area contributed by atoms with Gasteiger partial charge in [-0.2, -0.15) is 0 Å². The van der Waals surface area contributed by atoms with Crippen molar-refractivity contribution >= 4 is 24.2 Å². The number of anilines is 1. The predicted molar refractivity (Wildman–Crippen MR) is 81.5 cm³/mol. The molecule has 2 aliphatic heterocycles. The molecule has 0 saturated carbocycles.